The second-order valence-electron chi connectivity index (χ2n) is 2.61. The molecule has 11 heavy (non-hydrogen) atoms. The van der Waals surface area contributed by atoms with E-state index >= 15 is 0 Å². The summed E-state index contributed by atoms with van der Waals surface area (Å²) in [6, 6.07) is 6.19. The van der Waals surface area contributed by atoms with Crippen molar-refractivity contribution >= 4 is 22.9 Å². The van der Waals surface area contributed by atoms with E-state index < -0.39 is 0 Å². The smallest absolute Gasteiger partial charge is 0.130 e. The van der Waals surface area contributed by atoms with Crippen LogP contribution in [0.3, 0.4) is 0 Å². The van der Waals surface area contributed by atoms with E-state index in [2.05, 4.69) is 12.3 Å². The minimum absolute atomic E-state index is 1.01. The summed E-state index contributed by atoms with van der Waals surface area (Å²) in [7, 11) is 0. The van der Waals surface area contributed by atoms with Gasteiger partial charge in [0.15, 0.2) is 0 Å². The molecule has 2 rings (SSSR count). The Morgan fingerprint density at radius 2 is 2.36 bits per heavy atom. The van der Waals surface area contributed by atoms with E-state index in [1.165, 1.54) is 11.3 Å². The highest BCUT2D eigenvalue weighted by atomic mass is 32.2. The summed E-state index contributed by atoms with van der Waals surface area (Å²) in [5.41, 5.74) is 3.43. The molecule has 58 valence electrons. The van der Waals surface area contributed by atoms with E-state index in [1.807, 2.05) is 23.9 Å². The molecule has 0 spiro atoms. The number of hydrogen-bond donors (Lipinski definition) is 0. The van der Waals surface area contributed by atoms with Crippen LogP contribution in [-0.2, 0) is 6.42 Å². The van der Waals surface area contributed by atoms with Crippen molar-refractivity contribution in [3.8, 4) is 0 Å². The van der Waals surface area contributed by atoms with Crippen LogP contribution >= 0.6 is 11.8 Å². The van der Waals surface area contributed by atoms with Crippen LogP contribution in [0.2, 0.25) is 0 Å². The number of aryl methyl sites for hydroxylation is 1. The van der Waals surface area contributed by atoms with E-state index in [1.54, 1.807) is 0 Å². The molecular formula is C9H10OS. The Morgan fingerprint density at radius 1 is 1.45 bits per heavy atom. The van der Waals surface area contributed by atoms with Gasteiger partial charge in [-0.2, -0.15) is 11.8 Å². The van der Waals surface area contributed by atoms with Gasteiger partial charge in [0.05, 0.1) is 0 Å². The summed E-state index contributed by atoms with van der Waals surface area (Å²) in [4.78, 5) is 0. The van der Waals surface area contributed by atoms with Crippen LogP contribution in [0.4, 0.5) is 0 Å². The number of benzene rings is 1. The number of rotatable bonds is 3. The van der Waals surface area contributed by atoms with Gasteiger partial charge < -0.3 is 4.42 Å². The molecule has 0 saturated heterocycles. The molecule has 0 unspecified atom stereocenters. The van der Waals surface area contributed by atoms with Crippen LogP contribution < -0.4 is 0 Å². The maximum Gasteiger partial charge on any atom is 0.130 e. The minimum atomic E-state index is 1.01. The highest BCUT2D eigenvalue weighted by Gasteiger charge is 2.04. The highest BCUT2D eigenvalue weighted by molar-refractivity contribution is 7.98. The summed E-state index contributed by atoms with van der Waals surface area (Å²) < 4.78 is 5.40. The summed E-state index contributed by atoms with van der Waals surface area (Å²) in [6.45, 7) is 0. The first-order valence-electron chi connectivity index (χ1n) is 3.70. The lowest BCUT2D eigenvalue weighted by molar-refractivity contribution is 0.673. The molecule has 0 aliphatic carbocycles. The zero-order valence-electron chi connectivity index (χ0n) is 6.46. The Balaban J connectivity index is 2.18. The maximum absolute atomic E-state index is 5.40. The third-order valence-corrected chi connectivity index (χ3v) is 2.45. The molecule has 0 saturated carbocycles. The predicted molar refractivity (Wildman–Crippen MR) is 49.5 cm³/mol. The monoisotopic (exact) mass is 166 g/mol. The molecule has 0 N–H and O–H groups in total. The van der Waals surface area contributed by atoms with Crippen LogP contribution in [0.15, 0.2) is 22.6 Å². The maximum atomic E-state index is 5.40. The normalized spacial score (nSPS) is 11.4. The van der Waals surface area contributed by atoms with Crippen molar-refractivity contribution < 1.29 is 4.42 Å². The van der Waals surface area contributed by atoms with Gasteiger partial charge in [0, 0.05) is 0 Å². The summed E-state index contributed by atoms with van der Waals surface area (Å²) >= 11 is 1.87. The third kappa shape index (κ3) is 1.23. The first-order chi connectivity index (χ1) is 5.40. The Labute approximate surface area is 70.1 Å². The second-order valence-corrected chi connectivity index (χ2v) is 3.60. The number of furan rings is 2. The third-order valence-electron chi connectivity index (χ3n) is 1.84. The quantitative estimate of drug-likeness (QED) is 0.695. The fourth-order valence-electron chi connectivity index (χ4n) is 1.25. The van der Waals surface area contributed by atoms with Crippen LogP contribution in [0.5, 0.6) is 0 Å². The molecule has 0 atom stereocenters. The lowest BCUT2D eigenvalue weighted by atomic mass is 10.2. The molecule has 0 radical (unpaired) electrons. The van der Waals surface area contributed by atoms with Crippen LogP contribution in [-0.4, -0.2) is 12.0 Å². The SMILES string of the molecule is CSCCc1cc2ccc1o2. The molecule has 0 aliphatic heterocycles. The molecule has 0 aromatic carbocycles. The summed E-state index contributed by atoms with van der Waals surface area (Å²) in [6.07, 6.45) is 3.26. The largest absolute Gasteiger partial charge is 0.457 e. The first kappa shape index (κ1) is 7.04. The lowest BCUT2D eigenvalue weighted by Gasteiger charge is -1.93. The van der Waals surface area contributed by atoms with Crippen LogP contribution in [0.1, 0.15) is 5.56 Å². The zero-order chi connectivity index (χ0) is 7.68. The van der Waals surface area contributed by atoms with Gasteiger partial charge >= 0.3 is 0 Å². The average Bonchev–Trinajstić information content (AvgIpc) is 2.60. The molecule has 1 nitrogen and oxygen atoms in total. The summed E-state index contributed by atoms with van der Waals surface area (Å²) in [5.74, 6) is 1.18. The van der Waals surface area contributed by atoms with Gasteiger partial charge in [-0.05, 0) is 42.2 Å². The molecule has 2 bridgehead atoms. The van der Waals surface area contributed by atoms with Gasteiger partial charge in [-0.15, -0.1) is 0 Å². The average molecular weight is 166 g/mol. The van der Waals surface area contributed by atoms with Crippen LogP contribution in [0, 0.1) is 0 Å². The fourth-order valence-corrected chi connectivity index (χ4v) is 1.68. The molecule has 2 aromatic heterocycles. The minimum Gasteiger partial charge on any atom is -0.457 e. The Hall–Kier alpha value is -0.630. The molecule has 2 heteroatoms. The number of thioether (sulfide) groups is 1. The lowest BCUT2D eigenvalue weighted by Crippen LogP contribution is -1.84. The van der Waals surface area contributed by atoms with Crippen molar-refractivity contribution in [2.45, 2.75) is 6.42 Å². The van der Waals surface area contributed by atoms with Gasteiger partial charge in [-0.1, -0.05) is 0 Å². The Kier molecular flexibility index (Phi) is 1.78. The van der Waals surface area contributed by atoms with Crippen molar-refractivity contribution in [1.29, 1.82) is 0 Å². The van der Waals surface area contributed by atoms with Gasteiger partial charge in [0.2, 0.25) is 0 Å². The standard InChI is InChI=1S/C9H10OS/c1-11-5-4-7-6-8-2-3-9(7)10-8/h2-3,6H,4-5H2,1H3. The molecule has 0 amide bonds. The van der Waals surface area contributed by atoms with Gasteiger partial charge in [-0.3, -0.25) is 0 Å². The second kappa shape index (κ2) is 2.78. The van der Waals surface area contributed by atoms with Crippen molar-refractivity contribution in [2.75, 3.05) is 12.0 Å². The Morgan fingerprint density at radius 3 is 2.91 bits per heavy atom. The summed E-state index contributed by atoms with van der Waals surface area (Å²) in [5, 5.41) is 0. The number of hydrogen-bond acceptors (Lipinski definition) is 2. The van der Waals surface area contributed by atoms with E-state index in [0.29, 0.717) is 0 Å². The highest BCUT2D eigenvalue weighted by Crippen LogP contribution is 2.22. The molecule has 0 fully saturated rings. The predicted octanol–water partition coefficient (Wildman–Crippen LogP) is 2.78. The van der Waals surface area contributed by atoms with Crippen LogP contribution in [0.25, 0.3) is 11.2 Å². The van der Waals surface area contributed by atoms with E-state index in [4.69, 9.17) is 4.42 Å². The van der Waals surface area contributed by atoms with Crippen molar-refractivity contribution in [2.24, 2.45) is 0 Å². The molecule has 2 heterocycles. The van der Waals surface area contributed by atoms with E-state index in [9.17, 15) is 0 Å². The zero-order valence-corrected chi connectivity index (χ0v) is 7.28. The molecule has 0 aliphatic rings. The molecular weight excluding hydrogens is 156 g/mol. The first-order valence-corrected chi connectivity index (χ1v) is 5.09. The van der Waals surface area contributed by atoms with E-state index in [-0.39, 0.29) is 0 Å². The van der Waals surface area contributed by atoms with Gasteiger partial charge in [0.1, 0.15) is 11.2 Å². The fraction of sp³-hybridized carbons (Fsp3) is 0.333. The van der Waals surface area contributed by atoms with Crippen molar-refractivity contribution in [3.05, 3.63) is 23.8 Å². The number of fused-ring (bicyclic) bond motifs is 2. The van der Waals surface area contributed by atoms with Crippen molar-refractivity contribution in [3.63, 3.8) is 0 Å². The molecule has 2 aromatic rings. The Bertz CT molecular complexity index is 326. The van der Waals surface area contributed by atoms with E-state index in [0.717, 1.165) is 17.6 Å². The van der Waals surface area contributed by atoms with Crippen molar-refractivity contribution in [1.82, 2.24) is 0 Å². The topological polar surface area (TPSA) is 13.1 Å². The van der Waals surface area contributed by atoms with Gasteiger partial charge in [0.25, 0.3) is 0 Å². The van der Waals surface area contributed by atoms with Gasteiger partial charge in [-0.25, -0.2) is 0 Å².